The van der Waals surface area contributed by atoms with Crippen molar-refractivity contribution in [3.63, 3.8) is 0 Å². The van der Waals surface area contributed by atoms with E-state index in [0.29, 0.717) is 18.8 Å². The zero-order chi connectivity index (χ0) is 15.0. The van der Waals surface area contributed by atoms with E-state index in [1.54, 1.807) is 18.0 Å². The molecule has 20 heavy (non-hydrogen) atoms. The smallest absolute Gasteiger partial charge is 0.326 e. The van der Waals surface area contributed by atoms with Crippen LogP contribution < -0.4 is 10.6 Å². The van der Waals surface area contributed by atoms with Crippen molar-refractivity contribution in [2.24, 2.45) is 0 Å². The molecule has 110 valence electrons. The number of carbonyl (C=O) groups excluding carboxylic acids is 1. The number of methoxy groups -OCH3 is 1. The molecule has 0 aliphatic carbocycles. The Labute approximate surface area is 116 Å². The van der Waals surface area contributed by atoms with Gasteiger partial charge in [-0.2, -0.15) is 5.10 Å². The van der Waals surface area contributed by atoms with Crippen LogP contribution >= 0.6 is 0 Å². The standard InChI is InChI=1S/C12H18N4O4/c1-3-4-10(11(17)18)15-12(19)14-9-7-13-16(8-9)5-6-20-2/h3,7-8,10H,1,4-6H2,2H3,(H,17,18)(H2,14,15,19). The third kappa shape index (κ3) is 5.11. The van der Waals surface area contributed by atoms with Crippen molar-refractivity contribution in [1.82, 2.24) is 15.1 Å². The highest BCUT2D eigenvalue weighted by Gasteiger charge is 2.18. The predicted molar refractivity (Wildman–Crippen MR) is 72.5 cm³/mol. The van der Waals surface area contributed by atoms with Gasteiger partial charge in [0.05, 0.1) is 25.0 Å². The lowest BCUT2D eigenvalue weighted by molar-refractivity contribution is -0.139. The van der Waals surface area contributed by atoms with Crippen molar-refractivity contribution in [2.75, 3.05) is 19.0 Å². The minimum Gasteiger partial charge on any atom is -0.480 e. The van der Waals surface area contributed by atoms with Crippen molar-refractivity contribution >= 4 is 17.7 Å². The van der Waals surface area contributed by atoms with E-state index in [1.165, 1.54) is 12.3 Å². The molecule has 3 N–H and O–H groups in total. The number of aliphatic carboxylic acids is 1. The largest absolute Gasteiger partial charge is 0.480 e. The average Bonchev–Trinajstić information content (AvgIpc) is 2.83. The molecule has 0 fully saturated rings. The van der Waals surface area contributed by atoms with Crippen LogP contribution in [0.2, 0.25) is 0 Å². The Bertz CT molecular complexity index is 472. The number of carbonyl (C=O) groups is 2. The zero-order valence-corrected chi connectivity index (χ0v) is 11.2. The molecule has 8 heteroatoms. The number of urea groups is 1. The Balaban J connectivity index is 2.50. The number of nitrogens with zero attached hydrogens (tertiary/aromatic N) is 2. The molecule has 0 saturated carbocycles. The van der Waals surface area contributed by atoms with Crippen LogP contribution in [0.25, 0.3) is 0 Å². The highest BCUT2D eigenvalue weighted by molar-refractivity contribution is 5.92. The Morgan fingerprint density at radius 2 is 2.40 bits per heavy atom. The minimum absolute atomic E-state index is 0.149. The van der Waals surface area contributed by atoms with Crippen LogP contribution in [-0.4, -0.2) is 46.6 Å². The van der Waals surface area contributed by atoms with E-state index in [4.69, 9.17) is 9.84 Å². The monoisotopic (exact) mass is 282 g/mol. The third-order valence-corrected chi connectivity index (χ3v) is 2.42. The number of rotatable bonds is 8. The fraction of sp³-hybridized carbons (Fsp3) is 0.417. The normalized spacial score (nSPS) is 11.7. The molecule has 0 aromatic carbocycles. The van der Waals surface area contributed by atoms with Gasteiger partial charge in [0, 0.05) is 13.3 Å². The lowest BCUT2D eigenvalue weighted by Crippen LogP contribution is -2.42. The summed E-state index contributed by atoms with van der Waals surface area (Å²) in [5.74, 6) is -1.11. The molecule has 8 nitrogen and oxygen atoms in total. The molecule has 2 amide bonds. The molecular formula is C12H18N4O4. The summed E-state index contributed by atoms with van der Waals surface area (Å²) in [6.45, 7) is 4.52. The number of anilines is 1. The summed E-state index contributed by atoms with van der Waals surface area (Å²) in [7, 11) is 1.59. The first-order chi connectivity index (χ1) is 9.56. The molecule has 0 spiro atoms. The summed E-state index contributed by atoms with van der Waals surface area (Å²) in [5.41, 5.74) is 0.473. The van der Waals surface area contributed by atoms with Crippen LogP contribution in [-0.2, 0) is 16.1 Å². The highest BCUT2D eigenvalue weighted by atomic mass is 16.5. The Morgan fingerprint density at radius 1 is 1.65 bits per heavy atom. The van der Waals surface area contributed by atoms with Crippen molar-refractivity contribution in [3.8, 4) is 0 Å². The fourth-order valence-electron chi connectivity index (χ4n) is 1.45. The van der Waals surface area contributed by atoms with Gasteiger partial charge in [0.1, 0.15) is 6.04 Å². The molecular weight excluding hydrogens is 264 g/mol. The summed E-state index contributed by atoms with van der Waals surface area (Å²) >= 11 is 0. The number of amides is 2. The first kappa shape index (κ1) is 15.7. The fourth-order valence-corrected chi connectivity index (χ4v) is 1.45. The van der Waals surface area contributed by atoms with Crippen LogP contribution in [0.5, 0.6) is 0 Å². The second-order valence-electron chi connectivity index (χ2n) is 4.00. The first-order valence-corrected chi connectivity index (χ1v) is 5.99. The lowest BCUT2D eigenvalue weighted by Gasteiger charge is -2.12. The Morgan fingerprint density at radius 3 is 3.00 bits per heavy atom. The third-order valence-electron chi connectivity index (χ3n) is 2.42. The molecule has 1 unspecified atom stereocenters. The van der Waals surface area contributed by atoms with Gasteiger partial charge in [-0.25, -0.2) is 9.59 Å². The quantitative estimate of drug-likeness (QED) is 0.608. The maximum absolute atomic E-state index is 11.6. The van der Waals surface area contributed by atoms with Crippen molar-refractivity contribution < 1.29 is 19.4 Å². The van der Waals surface area contributed by atoms with Gasteiger partial charge in [-0.3, -0.25) is 4.68 Å². The van der Waals surface area contributed by atoms with Gasteiger partial charge in [0.25, 0.3) is 0 Å². The molecule has 0 bridgehead atoms. The summed E-state index contributed by atoms with van der Waals surface area (Å²) in [6, 6.07) is -1.61. The number of carboxylic acids is 1. The zero-order valence-electron chi connectivity index (χ0n) is 11.2. The minimum atomic E-state index is -1.11. The number of nitrogens with one attached hydrogen (secondary N) is 2. The van der Waals surface area contributed by atoms with Crippen LogP contribution in [0.3, 0.4) is 0 Å². The molecule has 1 atom stereocenters. The Kier molecular flexibility index (Phi) is 6.24. The maximum Gasteiger partial charge on any atom is 0.326 e. The lowest BCUT2D eigenvalue weighted by atomic mass is 10.2. The van der Waals surface area contributed by atoms with E-state index in [9.17, 15) is 9.59 Å². The van der Waals surface area contributed by atoms with Crippen molar-refractivity contribution in [2.45, 2.75) is 19.0 Å². The highest BCUT2D eigenvalue weighted by Crippen LogP contribution is 2.05. The van der Waals surface area contributed by atoms with Crippen LogP contribution in [0.1, 0.15) is 6.42 Å². The molecule has 1 rings (SSSR count). The molecule has 0 radical (unpaired) electrons. The Hall–Kier alpha value is -2.35. The summed E-state index contributed by atoms with van der Waals surface area (Å²) in [6.07, 6.45) is 4.68. The van der Waals surface area contributed by atoms with Gasteiger partial charge in [-0.15, -0.1) is 6.58 Å². The predicted octanol–water partition coefficient (Wildman–Crippen LogP) is 0.680. The van der Waals surface area contributed by atoms with Gasteiger partial charge < -0.3 is 20.5 Å². The number of ether oxygens (including phenoxy) is 1. The van der Waals surface area contributed by atoms with Gasteiger partial charge >= 0.3 is 12.0 Å². The number of carboxylic acid groups (broad SMARTS) is 1. The maximum atomic E-state index is 11.6. The first-order valence-electron chi connectivity index (χ1n) is 5.99. The second-order valence-corrected chi connectivity index (χ2v) is 4.00. The van der Waals surface area contributed by atoms with E-state index >= 15 is 0 Å². The SMILES string of the molecule is C=CCC(NC(=O)Nc1cnn(CCOC)c1)C(=O)O. The van der Waals surface area contributed by atoms with Gasteiger partial charge in [0.15, 0.2) is 0 Å². The molecule has 1 aromatic heterocycles. The van der Waals surface area contributed by atoms with Crippen LogP contribution in [0, 0.1) is 0 Å². The van der Waals surface area contributed by atoms with E-state index in [0.717, 1.165) is 0 Å². The van der Waals surface area contributed by atoms with E-state index in [2.05, 4.69) is 22.3 Å². The topological polar surface area (TPSA) is 105 Å². The number of aromatic nitrogens is 2. The number of hydrogen-bond donors (Lipinski definition) is 3. The molecule has 0 saturated heterocycles. The van der Waals surface area contributed by atoms with E-state index < -0.39 is 18.0 Å². The van der Waals surface area contributed by atoms with Crippen molar-refractivity contribution in [1.29, 1.82) is 0 Å². The molecule has 0 aliphatic heterocycles. The molecule has 1 aromatic rings. The van der Waals surface area contributed by atoms with Gasteiger partial charge in [0.2, 0.25) is 0 Å². The average molecular weight is 282 g/mol. The number of hydrogen-bond acceptors (Lipinski definition) is 4. The van der Waals surface area contributed by atoms with Crippen molar-refractivity contribution in [3.05, 3.63) is 25.0 Å². The molecule has 1 heterocycles. The summed E-state index contributed by atoms with van der Waals surface area (Å²) in [5, 5.41) is 17.8. The van der Waals surface area contributed by atoms with Crippen LogP contribution in [0.4, 0.5) is 10.5 Å². The summed E-state index contributed by atoms with van der Waals surface area (Å²) in [4.78, 5) is 22.5. The van der Waals surface area contributed by atoms with Gasteiger partial charge in [-0.1, -0.05) is 6.08 Å². The van der Waals surface area contributed by atoms with Crippen LogP contribution in [0.15, 0.2) is 25.0 Å². The molecule has 0 aliphatic rings. The van der Waals surface area contributed by atoms with E-state index in [-0.39, 0.29) is 6.42 Å². The summed E-state index contributed by atoms with van der Waals surface area (Å²) < 4.78 is 6.52. The second kappa shape index (κ2) is 7.95. The van der Waals surface area contributed by atoms with E-state index in [1.807, 2.05) is 0 Å². The van der Waals surface area contributed by atoms with Gasteiger partial charge in [-0.05, 0) is 6.42 Å².